The first-order chi connectivity index (χ1) is 13.9. The number of aromatic nitrogens is 2. The minimum atomic E-state index is -0.376. The van der Waals surface area contributed by atoms with Crippen LogP contribution in [0.25, 0.3) is 0 Å². The fraction of sp³-hybridized carbons (Fsp3) is 0.500. The number of nitrogens with one attached hydrogen (secondary N) is 2. The lowest BCUT2D eigenvalue weighted by atomic mass is 9.99. The molecule has 7 nitrogen and oxygen atoms in total. The van der Waals surface area contributed by atoms with Crippen molar-refractivity contribution >= 4 is 29.0 Å². The Balaban J connectivity index is 1.56. The average molecular weight is 420 g/mol. The van der Waals surface area contributed by atoms with Gasteiger partial charge in [0.25, 0.3) is 5.91 Å². The summed E-state index contributed by atoms with van der Waals surface area (Å²) in [5, 5.41) is 14.9. The van der Waals surface area contributed by atoms with Crippen molar-refractivity contribution in [2.24, 2.45) is 5.92 Å². The van der Waals surface area contributed by atoms with Gasteiger partial charge in [-0.25, -0.2) is 9.18 Å². The van der Waals surface area contributed by atoms with E-state index in [4.69, 9.17) is 0 Å². The third-order valence-electron chi connectivity index (χ3n) is 4.79. The van der Waals surface area contributed by atoms with E-state index in [1.807, 2.05) is 4.90 Å². The number of amides is 3. The fourth-order valence-electron chi connectivity index (χ4n) is 3.15. The van der Waals surface area contributed by atoms with E-state index in [1.54, 1.807) is 0 Å². The molecule has 0 bridgehead atoms. The molecule has 29 heavy (non-hydrogen) atoms. The minimum Gasteiger partial charge on any atom is -0.338 e. The van der Waals surface area contributed by atoms with Gasteiger partial charge in [-0.1, -0.05) is 25.2 Å². The smallest absolute Gasteiger partial charge is 0.317 e. The van der Waals surface area contributed by atoms with Crippen LogP contribution in [0.1, 0.15) is 53.8 Å². The van der Waals surface area contributed by atoms with Crippen molar-refractivity contribution in [2.45, 2.75) is 39.0 Å². The average Bonchev–Trinajstić information content (AvgIpc) is 3.20. The van der Waals surface area contributed by atoms with Crippen LogP contribution < -0.4 is 10.6 Å². The van der Waals surface area contributed by atoms with Gasteiger partial charge in [0.15, 0.2) is 0 Å². The number of hydrogen-bond acceptors (Lipinski definition) is 5. The Morgan fingerprint density at radius 1 is 1.28 bits per heavy atom. The molecule has 1 aliphatic rings. The molecule has 1 fully saturated rings. The molecular weight excluding hydrogens is 393 g/mol. The number of carbonyl (C=O) groups excluding carboxylic acids is 2. The quantitative estimate of drug-likeness (QED) is 0.744. The highest BCUT2D eigenvalue weighted by molar-refractivity contribution is 7.13. The van der Waals surface area contributed by atoms with Gasteiger partial charge in [0, 0.05) is 31.2 Å². The summed E-state index contributed by atoms with van der Waals surface area (Å²) in [5.41, 5.74) is 0.495. The molecule has 3 rings (SSSR count). The van der Waals surface area contributed by atoms with E-state index in [2.05, 4.69) is 34.7 Å². The Morgan fingerprint density at radius 3 is 2.76 bits per heavy atom. The molecule has 2 aromatic rings. The van der Waals surface area contributed by atoms with Crippen LogP contribution >= 0.6 is 11.3 Å². The maximum Gasteiger partial charge on any atom is 0.317 e. The van der Waals surface area contributed by atoms with E-state index in [1.165, 1.54) is 35.6 Å². The number of urea groups is 1. The number of likely N-dealkylation sites (tertiary alicyclic amines) is 1. The van der Waals surface area contributed by atoms with Gasteiger partial charge in [0.1, 0.15) is 10.8 Å². The van der Waals surface area contributed by atoms with Crippen LogP contribution in [0.4, 0.5) is 14.9 Å². The Labute approximate surface area is 173 Å². The summed E-state index contributed by atoms with van der Waals surface area (Å²) in [6, 6.07) is 5.50. The highest BCUT2D eigenvalue weighted by Gasteiger charge is 2.28. The van der Waals surface area contributed by atoms with E-state index in [-0.39, 0.29) is 28.7 Å². The Bertz CT molecular complexity index is 840. The van der Waals surface area contributed by atoms with Crippen molar-refractivity contribution in [1.82, 2.24) is 20.4 Å². The number of benzene rings is 1. The van der Waals surface area contributed by atoms with E-state index in [9.17, 15) is 14.0 Å². The number of anilines is 1. The Morgan fingerprint density at radius 2 is 2.03 bits per heavy atom. The molecule has 0 saturated carbocycles. The molecule has 1 atom stereocenters. The number of nitrogens with zero attached hydrogens (tertiary/aromatic N) is 3. The molecule has 1 aromatic carbocycles. The van der Waals surface area contributed by atoms with Gasteiger partial charge in [-0.15, -0.1) is 10.2 Å². The zero-order chi connectivity index (χ0) is 20.8. The van der Waals surface area contributed by atoms with Gasteiger partial charge in [0.2, 0.25) is 5.01 Å². The molecule has 2 N–H and O–H groups in total. The molecule has 0 aliphatic carbocycles. The number of piperidine rings is 1. The van der Waals surface area contributed by atoms with Gasteiger partial charge in [-0.2, -0.15) is 0 Å². The van der Waals surface area contributed by atoms with Gasteiger partial charge in [0.05, 0.1) is 0 Å². The molecule has 3 amide bonds. The lowest BCUT2D eigenvalue weighted by molar-refractivity contribution is 0.102. The van der Waals surface area contributed by atoms with Crippen LogP contribution in [0.3, 0.4) is 0 Å². The summed E-state index contributed by atoms with van der Waals surface area (Å²) < 4.78 is 13.0. The van der Waals surface area contributed by atoms with Crippen LogP contribution in [-0.2, 0) is 0 Å². The van der Waals surface area contributed by atoms with Crippen LogP contribution in [0.15, 0.2) is 24.3 Å². The topological polar surface area (TPSA) is 87.2 Å². The SMILES string of the molecule is CC(C)CCNC(=O)N1CCCC(c2nnc(C(=O)Nc3ccc(F)cc3)s2)C1. The van der Waals surface area contributed by atoms with Crippen molar-refractivity contribution in [1.29, 1.82) is 0 Å². The molecule has 156 valence electrons. The van der Waals surface area contributed by atoms with Crippen molar-refractivity contribution in [3.63, 3.8) is 0 Å². The predicted octanol–water partition coefficient (Wildman–Crippen LogP) is 3.86. The van der Waals surface area contributed by atoms with E-state index >= 15 is 0 Å². The maximum absolute atomic E-state index is 13.0. The second-order valence-electron chi connectivity index (χ2n) is 7.61. The van der Waals surface area contributed by atoms with Crippen molar-refractivity contribution in [3.8, 4) is 0 Å². The first-order valence-electron chi connectivity index (χ1n) is 9.85. The summed E-state index contributed by atoms with van der Waals surface area (Å²) >= 11 is 1.24. The summed E-state index contributed by atoms with van der Waals surface area (Å²) in [5.74, 6) is -0.120. The predicted molar refractivity (Wildman–Crippen MR) is 111 cm³/mol. The van der Waals surface area contributed by atoms with Gasteiger partial charge >= 0.3 is 6.03 Å². The largest absolute Gasteiger partial charge is 0.338 e. The zero-order valence-corrected chi connectivity index (χ0v) is 17.5. The van der Waals surface area contributed by atoms with E-state index in [0.717, 1.165) is 30.8 Å². The molecule has 9 heteroatoms. The Hall–Kier alpha value is -2.55. The minimum absolute atomic E-state index is 0.0471. The maximum atomic E-state index is 13.0. The van der Waals surface area contributed by atoms with Crippen LogP contribution in [0.5, 0.6) is 0 Å². The number of hydrogen-bond donors (Lipinski definition) is 2. The molecule has 1 aromatic heterocycles. The molecule has 1 unspecified atom stereocenters. The molecule has 1 saturated heterocycles. The van der Waals surface area contributed by atoms with Crippen LogP contribution in [-0.4, -0.2) is 46.7 Å². The van der Waals surface area contributed by atoms with Crippen LogP contribution in [0, 0.1) is 11.7 Å². The first kappa shape index (κ1) is 21.2. The number of rotatable bonds is 6. The molecule has 1 aliphatic heterocycles. The standard InChI is InChI=1S/C20H26FN5O2S/c1-13(2)9-10-22-20(28)26-11-3-4-14(12-26)18-24-25-19(29-18)17(27)23-16-7-5-15(21)6-8-16/h5-8,13-14H,3-4,9-12H2,1-2H3,(H,22,28)(H,23,27). The van der Waals surface area contributed by atoms with Crippen molar-refractivity contribution < 1.29 is 14.0 Å². The molecule has 0 spiro atoms. The first-order valence-corrected chi connectivity index (χ1v) is 10.7. The second-order valence-corrected chi connectivity index (χ2v) is 8.62. The number of carbonyl (C=O) groups is 2. The number of halogens is 1. The molecular formula is C20H26FN5O2S. The lowest BCUT2D eigenvalue weighted by Gasteiger charge is -2.31. The third-order valence-corrected chi connectivity index (χ3v) is 5.88. The third kappa shape index (κ3) is 5.96. The van der Waals surface area contributed by atoms with Gasteiger partial charge in [-0.05, 0) is 49.4 Å². The van der Waals surface area contributed by atoms with Crippen LogP contribution in [0.2, 0.25) is 0 Å². The highest BCUT2D eigenvalue weighted by atomic mass is 32.1. The normalized spacial score (nSPS) is 16.7. The fourth-order valence-corrected chi connectivity index (χ4v) is 4.02. The van der Waals surface area contributed by atoms with Gasteiger partial charge in [-0.3, -0.25) is 4.79 Å². The monoisotopic (exact) mass is 419 g/mol. The highest BCUT2D eigenvalue weighted by Crippen LogP contribution is 2.29. The summed E-state index contributed by atoms with van der Waals surface area (Å²) in [4.78, 5) is 26.6. The zero-order valence-electron chi connectivity index (χ0n) is 16.7. The van der Waals surface area contributed by atoms with Gasteiger partial charge < -0.3 is 15.5 Å². The van der Waals surface area contributed by atoms with E-state index < -0.39 is 0 Å². The molecule has 2 heterocycles. The lowest BCUT2D eigenvalue weighted by Crippen LogP contribution is -2.45. The second kappa shape index (κ2) is 9.78. The van der Waals surface area contributed by atoms with Crippen molar-refractivity contribution in [2.75, 3.05) is 25.0 Å². The molecule has 0 radical (unpaired) electrons. The summed E-state index contributed by atoms with van der Waals surface area (Å²) in [6.45, 7) is 6.22. The summed E-state index contributed by atoms with van der Waals surface area (Å²) in [6.07, 6.45) is 2.74. The summed E-state index contributed by atoms with van der Waals surface area (Å²) in [7, 11) is 0. The van der Waals surface area contributed by atoms with Crippen molar-refractivity contribution in [3.05, 3.63) is 40.1 Å². The Kier molecular flexibility index (Phi) is 7.13. The van der Waals surface area contributed by atoms with E-state index in [0.29, 0.717) is 24.7 Å².